The zero-order valence-corrected chi connectivity index (χ0v) is 17.5. The molecule has 148 valence electrons. The van der Waals surface area contributed by atoms with Crippen molar-refractivity contribution in [3.05, 3.63) is 64.7 Å². The third-order valence-electron chi connectivity index (χ3n) is 4.74. The Labute approximate surface area is 177 Å². The van der Waals surface area contributed by atoms with Gasteiger partial charge in [0, 0.05) is 22.8 Å². The number of carbonyl (C=O) groups is 1. The van der Waals surface area contributed by atoms with Crippen LogP contribution < -0.4 is 4.72 Å². The van der Waals surface area contributed by atoms with E-state index in [1.807, 2.05) is 6.07 Å². The quantitative estimate of drug-likeness (QED) is 0.650. The molecular weight excluding hydrogens is 430 g/mol. The first-order valence-corrected chi connectivity index (χ1v) is 11.5. The molecule has 0 bridgehead atoms. The summed E-state index contributed by atoms with van der Waals surface area (Å²) >= 11 is 7.11. The molecule has 1 fully saturated rings. The molecule has 29 heavy (non-hydrogen) atoms. The van der Waals surface area contributed by atoms with Gasteiger partial charge in [-0.25, -0.2) is 8.42 Å². The molecule has 1 aliphatic rings. The highest BCUT2D eigenvalue weighted by molar-refractivity contribution is 7.91. The zero-order valence-electron chi connectivity index (χ0n) is 15.1. The summed E-state index contributed by atoms with van der Waals surface area (Å²) in [6.45, 7) is 0.790. The summed E-state index contributed by atoms with van der Waals surface area (Å²) in [4.78, 5) is 14.3. The molecule has 0 unspecified atom stereocenters. The molecular formula is C20H16ClN3O3S2. The fourth-order valence-electron chi connectivity index (χ4n) is 3.33. The van der Waals surface area contributed by atoms with E-state index in [1.54, 1.807) is 47.4 Å². The van der Waals surface area contributed by atoms with Gasteiger partial charge in [0.25, 0.3) is 10.0 Å². The molecule has 1 amide bonds. The maximum absolute atomic E-state index is 12.8. The third-order valence-corrected chi connectivity index (χ3v) is 8.04. The van der Waals surface area contributed by atoms with E-state index in [4.69, 9.17) is 16.9 Å². The molecule has 9 heteroatoms. The number of fused-ring (bicyclic) bond motifs is 1. The van der Waals surface area contributed by atoms with Crippen LogP contribution >= 0.6 is 22.9 Å². The molecule has 6 nitrogen and oxygen atoms in total. The van der Waals surface area contributed by atoms with Crippen LogP contribution in [-0.2, 0) is 21.4 Å². The molecule has 2 heterocycles. The molecule has 1 aliphatic heterocycles. The predicted molar refractivity (Wildman–Crippen MR) is 112 cm³/mol. The number of hydrogen-bond acceptors (Lipinski definition) is 5. The van der Waals surface area contributed by atoms with E-state index in [0.29, 0.717) is 30.1 Å². The molecule has 0 aliphatic carbocycles. The van der Waals surface area contributed by atoms with Crippen molar-refractivity contribution >= 4 is 49.0 Å². The number of halogens is 1. The van der Waals surface area contributed by atoms with Crippen LogP contribution in [0.25, 0.3) is 10.1 Å². The average Bonchev–Trinajstić information content (AvgIpc) is 3.27. The van der Waals surface area contributed by atoms with Gasteiger partial charge in [0.1, 0.15) is 10.3 Å². The minimum Gasteiger partial charge on any atom is -0.337 e. The number of benzene rings is 2. The van der Waals surface area contributed by atoms with Crippen molar-refractivity contribution in [2.75, 3.05) is 6.54 Å². The number of sulfonamides is 1. The molecule has 0 saturated carbocycles. The van der Waals surface area contributed by atoms with E-state index in [1.165, 1.54) is 0 Å². The van der Waals surface area contributed by atoms with Crippen molar-refractivity contribution in [3.8, 4) is 6.07 Å². The Morgan fingerprint density at radius 1 is 1.24 bits per heavy atom. The fraction of sp³-hybridized carbons (Fsp3) is 0.200. The lowest BCUT2D eigenvalue weighted by Gasteiger charge is -2.17. The predicted octanol–water partition coefficient (Wildman–Crippen LogP) is 3.51. The van der Waals surface area contributed by atoms with Crippen LogP contribution in [0.3, 0.4) is 0 Å². The van der Waals surface area contributed by atoms with Crippen molar-refractivity contribution in [1.29, 1.82) is 5.26 Å². The number of nitrogens with zero attached hydrogens (tertiary/aromatic N) is 2. The Morgan fingerprint density at radius 2 is 2.07 bits per heavy atom. The zero-order chi connectivity index (χ0) is 20.6. The maximum Gasteiger partial charge on any atom is 0.250 e. The SMILES string of the molecule is N#Cc1cccc(CN2CC[C@H](NS(=O)(=O)c3cc4cc(Cl)ccc4s3)C2=O)c1. The molecule has 1 aromatic heterocycles. The highest BCUT2D eigenvalue weighted by Gasteiger charge is 2.35. The second-order valence-electron chi connectivity index (χ2n) is 6.78. The van der Waals surface area contributed by atoms with E-state index in [0.717, 1.165) is 27.0 Å². The molecule has 1 saturated heterocycles. The third kappa shape index (κ3) is 4.14. The first-order chi connectivity index (χ1) is 13.9. The Hall–Kier alpha value is -2.44. The number of amides is 1. The second kappa shape index (κ2) is 7.76. The van der Waals surface area contributed by atoms with Gasteiger partial charge in [0.05, 0.1) is 11.6 Å². The smallest absolute Gasteiger partial charge is 0.250 e. The van der Waals surface area contributed by atoms with Crippen LogP contribution in [0.4, 0.5) is 0 Å². The van der Waals surface area contributed by atoms with Crippen LogP contribution in [0.2, 0.25) is 5.02 Å². The Kier molecular flexibility index (Phi) is 5.32. The van der Waals surface area contributed by atoms with E-state index in [-0.39, 0.29) is 10.1 Å². The summed E-state index contributed by atoms with van der Waals surface area (Å²) < 4.78 is 29.1. The Morgan fingerprint density at radius 3 is 2.86 bits per heavy atom. The molecule has 0 radical (unpaired) electrons. The van der Waals surface area contributed by atoms with Gasteiger partial charge in [0.2, 0.25) is 5.91 Å². The van der Waals surface area contributed by atoms with Crippen molar-refractivity contribution < 1.29 is 13.2 Å². The van der Waals surface area contributed by atoms with Crippen LogP contribution in [-0.4, -0.2) is 31.8 Å². The monoisotopic (exact) mass is 445 g/mol. The van der Waals surface area contributed by atoms with Crippen LogP contribution in [0.5, 0.6) is 0 Å². The van der Waals surface area contributed by atoms with Crippen LogP contribution in [0.1, 0.15) is 17.5 Å². The Balaban J connectivity index is 1.48. The van der Waals surface area contributed by atoms with Crippen molar-refractivity contribution in [1.82, 2.24) is 9.62 Å². The summed E-state index contributed by atoms with van der Waals surface area (Å²) in [5.74, 6) is -0.264. The topological polar surface area (TPSA) is 90.3 Å². The standard InChI is InChI=1S/C20H16ClN3O3S2/c21-16-4-5-18-15(9-16)10-19(28-18)29(26,27)23-17-6-7-24(20(17)25)12-14-3-1-2-13(8-14)11-22/h1-5,8-10,17,23H,6-7,12H2/t17-/m0/s1. The van der Waals surface area contributed by atoms with Gasteiger partial charge in [-0.15, -0.1) is 11.3 Å². The lowest BCUT2D eigenvalue weighted by atomic mass is 10.1. The normalized spacial score (nSPS) is 17.0. The lowest BCUT2D eigenvalue weighted by Crippen LogP contribution is -2.41. The molecule has 1 N–H and O–H groups in total. The van der Waals surface area contributed by atoms with Gasteiger partial charge in [-0.05, 0) is 53.8 Å². The Bertz CT molecular complexity index is 1250. The van der Waals surface area contributed by atoms with Gasteiger partial charge in [0.15, 0.2) is 0 Å². The maximum atomic E-state index is 12.8. The second-order valence-corrected chi connectivity index (χ2v) is 10.2. The molecule has 4 rings (SSSR count). The lowest BCUT2D eigenvalue weighted by molar-refractivity contribution is -0.129. The highest BCUT2D eigenvalue weighted by Crippen LogP contribution is 2.31. The highest BCUT2D eigenvalue weighted by atomic mass is 35.5. The van der Waals surface area contributed by atoms with Crippen molar-refractivity contribution in [2.24, 2.45) is 0 Å². The summed E-state index contributed by atoms with van der Waals surface area (Å²) in [7, 11) is -3.82. The van der Waals surface area contributed by atoms with Crippen molar-refractivity contribution in [2.45, 2.75) is 23.2 Å². The van der Waals surface area contributed by atoms with E-state index in [9.17, 15) is 13.2 Å². The first-order valence-electron chi connectivity index (χ1n) is 8.85. The number of carbonyl (C=O) groups excluding carboxylic acids is 1. The molecule has 2 aromatic carbocycles. The molecule has 0 spiro atoms. The van der Waals surface area contributed by atoms with Gasteiger partial charge >= 0.3 is 0 Å². The van der Waals surface area contributed by atoms with Crippen LogP contribution in [0.15, 0.2) is 52.7 Å². The number of nitrogens with one attached hydrogen (secondary N) is 1. The molecule has 3 aromatic rings. The fourth-order valence-corrected chi connectivity index (χ4v) is 6.13. The largest absolute Gasteiger partial charge is 0.337 e. The number of hydrogen-bond donors (Lipinski definition) is 1. The van der Waals surface area contributed by atoms with E-state index >= 15 is 0 Å². The van der Waals surface area contributed by atoms with Gasteiger partial charge in [-0.1, -0.05) is 23.7 Å². The van der Waals surface area contributed by atoms with Crippen LogP contribution in [0, 0.1) is 11.3 Å². The summed E-state index contributed by atoms with van der Waals surface area (Å²) in [5.41, 5.74) is 1.36. The summed E-state index contributed by atoms with van der Waals surface area (Å²) in [5, 5.41) is 10.3. The van der Waals surface area contributed by atoms with Gasteiger partial charge in [-0.2, -0.15) is 9.98 Å². The van der Waals surface area contributed by atoms with Gasteiger partial charge < -0.3 is 4.90 Å². The molecule has 1 atom stereocenters. The number of likely N-dealkylation sites (tertiary alicyclic amines) is 1. The van der Waals surface area contributed by atoms with Crippen molar-refractivity contribution in [3.63, 3.8) is 0 Å². The minimum atomic E-state index is -3.82. The van der Waals surface area contributed by atoms with E-state index < -0.39 is 16.1 Å². The first kappa shape index (κ1) is 19.9. The number of rotatable bonds is 5. The number of nitriles is 1. The summed E-state index contributed by atoms with van der Waals surface area (Å²) in [6.07, 6.45) is 0.396. The van der Waals surface area contributed by atoms with Gasteiger partial charge in [-0.3, -0.25) is 4.79 Å². The minimum absolute atomic E-state index is 0.155. The van der Waals surface area contributed by atoms with E-state index in [2.05, 4.69) is 10.8 Å². The average molecular weight is 446 g/mol. The number of thiophene rings is 1. The summed E-state index contributed by atoms with van der Waals surface area (Å²) in [6, 6.07) is 15.1.